The van der Waals surface area contributed by atoms with Crippen molar-refractivity contribution in [3.05, 3.63) is 93.7 Å². The number of benzene rings is 3. The van der Waals surface area contributed by atoms with E-state index in [1.807, 2.05) is 43.3 Å². The van der Waals surface area contributed by atoms with E-state index in [1.165, 1.54) is 5.56 Å². The van der Waals surface area contributed by atoms with Crippen molar-refractivity contribution in [3.63, 3.8) is 0 Å². The summed E-state index contributed by atoms with van der Waals surface area (Å²) >= 11 is 3.41. The van der Waals surface area contributed by atoms with E-state index < -0.39 is 0 Å². The van der Waals surface area contributed by atoms with Crippen LogP contribution in [0.4, 0.5) is 0 Å². The molecule has 0 spiro atoms. The van der Waals surface area contributed by atoms with Gasteiger partial charge >= 0.3 is 0 Å². The van der Waals surface area contributed by atoms with Crippen molar-refractivity contribution < 1.29 is 9.53 Å². The predicted molar refractivity (Wildman–Crippen MR) is 136 cm³/mol. The van der Waals surface area contributed by atoms with Gasteiger partial charge in [-0.15, -0.1) is 0 Å². The first-order valence-electron chi connectivity index (χ1n) is 11.1. The van der Waals surface area contributed by atoms with Crippen molar-refractivity contribution in [2.75, 3.05) is 6.61 Å². The second-order valence-electron chi connectivity index (χ2n) is 8.28. The topological polar surface area (TPSA) is 56.1 Å². The third-order valence-electron chi connectivity index (χ3n) is 5.64. The molecule has 4 aromatic rings. The second kappa shape index (κ2) is 10.2. The van der Waals surface area contributed by atoms with E-state index in [1.54, 1.807) is 12.1 Å². The predicted octanol–water partition coefficient (Wildman–Crippen LogP) is 6.38. The van der Waals surface area contributed by atoms with Gasteiger partial charge in [0.25, 0.3) is 5.91 Å². The number of rotatable bonds is 8. The third kappa shape index (κ3) is 5.45. The second-order valence-corrected chi connectivity index (χ2v) is 9.20. The van der Waals surface area contributed by atoms with Gasteiger partial charge in [-0.25, -0.2) is 4.98 Å². The molecular weight excluding hydrogens is 478 g/mol. The zero-order valence-electron chi connectivity index (χ0n) is 19.1. The van der Waals surface area contributed by atoms with Crippen LogP contribution < -0.4 is 10.1 Å². The molecule has 1 N–H and O–H groups in total. The van der Waals surface area contributed by atoms with Crippen LogP contribution >= 0.6 is 15.9 Å². The highest BCUT2D eigenvalue weighted by Crippen LogP contribution is 2.23. The standard InChI is InChI=1S/C27H28BrN3O2/c1-18-9-14-25(19(2)17-18)33-16-6-15-31-24-8-5-4-7-23(24)30-26(31)20(3)29-27(32)21-10-12-22(28)13-11-21/h4-5,7-14,17,20H,6,15-16H2,1-3H3,(H,29,32). The van der Waals surface area contributed by atoms with Crippen LogP contribution in [0.2, 0.25) is 0 Å². The number of hydrogen-bond acceptors (Lipinski definition) is 3. The Morgan fingerprint density at radius 1 is 1.09 bits per heavy atom. The van der Waals surface area contributed by atoms with Gasteiger partial charge in [0.05, 0.1) is 23.7 Å². The van der Waals surface area contributed by atoms with Gasteiger partial charge in [0, 0.05) is 16.6 Å². The largest absolute Gasteiger partial charge is 0.493 e. The van der Waals surface area contributed by atoms with Crippen molar-refractivity contribution in [2.45, 2.75) is 39.8 Å². The molecule has 5 nitrogen and oxygen atoms in total. The summed E-state index contributed by atoms with van der Waals surface area (Å²) in [6, 6.07) is 21.4. The molecule has 4 rings (SSSR count). The van der Waals surface area contributed by atoms with Gasteiger partial charge in [0.1, 0.15) is 11.6 Å². The number of hydrogen-bond donors (Lipinski definition) is 1. The average molecular weight is 506 g/mol. The first-order valence-corrected chi connectivity index (χ1v) is 11.9. The first kappa shape index (κ1) is 23.1. The number of carbonyl (C=O) groups is 1. The van der Waals surface area contributed by atoms with E-state index in [9.17, 15) is 4.79 Å². The van der Waals surface area contributed by atoms with Gasteiger partial charge < -0.3 is 14.6 Å². The molecule has 0 aliphatic rings. The molecule has 1 amide bonds. The van der Waals surface area contributed by atoms with Crippen molar-refractivity contribution in [1.29, 1.82) is 0 Å². The zero-order valence-corrected chi connectivity index (χ0v) is 20.7. The summed E-state index contributed by atoms with van der Waals surface area (Å²) in [4.78, 5) is 17.6. The van der Waals surface area contributed by atoms with Crippen molar-refractivity contribution in [2.24, 2.45) is 0 Å². The Morgan fingerprint density at radius 2 is 1.85 bits per heavy atom. The fraction of sp³-hybridized carbons (Fsp3) is 0.259. The Labute approximate surface area is 202 Å². The number of imidazole rings is 1. The van der Waals surface area contributed by atoms with Crippen molar-refractivity contribution in [1.82, 2.24) is 14.9 Å². The highest BCUT2D eigenvalue weighted by molar-refractivity contribution is 9.10. The molecule has 0 aliphatic heterocycles. The Kier molecular flexibility index (Phi) is 7.14. The molecule has 6 heteroatoms. The number of aryl methyl sites for hydroxylation is 3. The lowest BCUT2D eigenvalue weighted by molar-refractivity contribution is 0.0937. The Bertz CT molecular complexity index is 1260. The molecule has 3 aromatic carbocycles. The number of amides is 1. The minimum absolute atomic E-state index is 0.119. The maximum atomic E-state index is 12.8. The summed E-state index contributed by atoms with van der Waals surface area (Å²) in [6.07, 6.45) is 0.827. The maximum Gasteiger partial charge on any atom is 0.251 e. The molecule has 0 aliphatic carbocycles. The summed E-state index contributed by atoms with van der Waals surface area (Å²) in [5.41, 5.74) is 4.98. The van der Waals surface area contributed by atoms with E-state index in [-0.39, 0.29) is 11.9 Å². The Morgan fingerprint density at radius 3 is 2.61 bits per heavy atom. The van der Waals surface area contributed by atoms with Gasteiger partial charge in [-0.2, -0.15) is 0 Å². The minimum Gasteiger partial charge on any atom is -0.493 e. The first-order chi connectivity index (χ1) is 15.9. The number of aromatic nitrogens is 2. The lowest BCUT2D eigenvalue weighted by Gasteiger charge is -2.17. The molecule has 0 radical (unpaired) electrons. The van der Waals surface area contributed by atoms with Crippen molar-refractivity contribution in [3.8, 4) is 5.75 Å². The molecule has 1 aromatic heterocycles. The van der Waals surface area contributed by atoms with Crippen LogP contribution in [0.15, 0.2) is 71.2 Å². The highest BCUT2D eigenvalue weighted by atomic mass is 79.9. The normalized spacial score (nSPS) is 12.0. The number of nitrogens with zero attached hydrogens (tertiary/aromatic N) is 2. The molecule has 0 saturated heterocycles. The number of halogens is 1. The van der Waals surface area contributed by atoms with Crippen LogP contribution in [0.3, 0.4) is 0 Å². The van der Waals surface area contributed by atoms with Crippen LogP contribution in [0.1, 0.15) is 46.7 Å². The minimum atomic E-state index is -0.242. The number of ether oxygens (including phenoxy) is 1. The fourth-order valence-electron chi connectivity index (χ4n) is 3.97. The number of para-hydroxylation sites is 2. The molecule has 1 heterocycles. The molecule has 1 unspecified atom stereocenters. The number of fused-ring (bicyclic) bond motifs is 1. The monoisotopic (exact) mass is 505 g/mol. The summed E-state index contributed by atoms with van der Waals surface area (Å²) < 4.78 is 9.16. The van der Waals surface area contributed by atoms with Crippen LogP contribution in [0.5, 0.6) is 5.75 Å². The van der Waals surface area contributed by atoms with E-state index in [0.29, 0.717) is 12.2 Å². The smallest absolute Gasteiger partial charge is 0.251 e. The molecule has 1 atom stereocenters. The van der Waals surface area contributed by atoms with Crippen LogP contribution in [0.25, 0.3) is 11.0 Å². The summed E-state index contributed by atoms with van der Waals surface area (Å²) in [6.45, 7) is 7.48. The van der Waals surface area contributed by atoms with Gasteiger partial charge in [-0.1, -0.05) is 45.8 Å². The summed E-state index contributed by atoms with van der Waals surface area (Å²) in [5, 5.41) is 3.09. The van der Waals surface area contributed by atoms with Crippen LogP contribution in [-0.2, 0) is 6.54 Å². The molecule has 170 valence electrons. The Hall–Kier alpha value is -3.12. The highest BCUT2D eigenvalue weighted by Gasteiger charge is 2.19. The Balaban J connectivity index is 1.47. The van der Waals surface area contributed by atoms with E-state index in [0.717, 1.165) is 45.6 Å². The lowest BCUT2D eigenvalue weighted by atomic mass is 10.1. The average Bonchev–Trinajstić information content (AvgIpc) is 3.17. The quantitative estimate of drug-likeness (QED) is 0.283. The molecule has 0 saturated carbocycles. The summed E-state index contributed by atoms with van der Waals surface area (Å²) in [5.74, 6) is 1.64. The number of carbonyl (C=O) groups excluding carboxylic acids is 1. The van der Waals surface area contributed by atoms with E-state index in [4.69, 9.17) is 9.72 Å². The lowest BCUT2D eigenvalue weighted by Crippen LogP contribution is -2.28. The molecule has 33 heavy (non-hydrogen) atoms. The SMILES string of the molecule is Cc1ccc(OCCCn2c(C(C)NC(=O)c3ccc(Br)cc3)nc3ccccc32)c(C)c1. The van der Waals surface area contributed by atoms with Gasteiger partial charge in [0.15, 0.2) is 0 Å². The maximum absolute atomic E-state index is 12.8. The van der Waals surface area contributed by atoms with Gasteiger partial charge in [-0.05, 0) is 75.2 Å². The summed E-state index contributed by atoms with van der Waals surface area (Å²) in [7, 11) is 0. The molecule has 0 bridgehead atoms. The van der Waals surface area contributed by atoms with E-state index >= 15 is 0 Å². The third-order valence-corrected chi connectivity index (χ3v) is 6.17. The van der Waals surface area contributed by atoms with Crippen molar-refractivity contribution >= 4 is 32.9 Å². The zero-order chi connectivity index (χ0) is 23.4. The fourth-order valence-corrected chi connectivity index (χ4v) is 4.24. The number of nitrogens with one attached hydrogen (secondary N) is 1. The van der Waals surface area contributed by atoms with Gasteiger partial charge in [-0.3, -0.25) is 4.79 Å². The van der Waals surface area contributed by atoms with Crippen LogP contribution in [0, 0.1) is 13.8 Å². The van der Waals surface area contributed by atoms with Crippen LogP contribution in [-0.4, -0.2) is 22.1 Å². The molecular formula is C27H28BrN3O2. The van der Waals surface area contributed by atoms with E-state index in [2.05, 4.69) is 57.9 Å². The van der Waals surface area contributed by atoms with Gasteiger partial charge in [0.2, 0.25) is 0 Å². The molecule has 0 fully saturated rings.